The van der Waals surface area contributed by atoms with E-state index in [1.807, 2.05) is 89.9 Å². The van der Waals surface area contributed by atoms with Gasteiger partial charge in [-0.15, -0.1) is 0 Å². The van der Waals surface area contributed by atoms with E-state index in [1.165, 1.54) is 0 Å². The molecule has 1 aliphatic heterocycles. The van der Waals surface area contributed by atoms with E-state index >= 15 is 0 Å². The van der Waals surface area contributed by atoms with E-state index in [1.54, 1.807) is 6.20 Å². The first-order valence-corrected chi connectivity index (χ1v) is 13.6. The Labute approximate surface area is 239 Å². The Hall–Kier alpha value is -4.61. The van der Waals surface area contributed by atoms with Crippen LogP contribution in [0.4, 0.5) is 5.82 Å². The molecular weight excluding hydrogens is 518 g/mol. The largest absolute Gasteiger partial charge is 0.485 e. The number of benzene rings is 4. The molecule has 198 valence electrons. The lowest BCUT2D eigenvalue weighted by molar-refractivity contribution is 0.255. The number of ether oxygens (including phenoxy) is 2. The summed E-state index contributed by atoms with van der Waals surface area (Å²) in [4.78, 5) is 4.60. The van der Waals surface area contributed by atoms with Crippen molar-refractivity contribution >= 4 is 23.1 Å². The fourth-order valence-electron chi connectivity index (χ4n) is 4.75. The van der Waals surface area contributed by atoms with Crippen LogP contribution in [0.25, 0.3) is 0 Å². The summed E-state index contributed by atoms with van der Waals surface area (Å²) in [5, 5.41) is 7.67. The molecule has 0 saturated carbocycles. The van der Waals surface area contributed by atoms with E-state index in [2.05, 4.69) is 41.4 Å². The van der Waals surface area contributed by atoms with Crippen LogP contribution < -0.4 is 14.5 Å². The summed E-state index contributed by atoms with van der Waals surface area (Å²) in [5.74, 6) is 2.16. The Kier molecular flexibility index (Phi) is 7.73. The van der Waals surface area contributed by atoms with Crippen LogP contribution in [0.3, 0.4) is 0 Å². The fourth-order valence-corrected chi connectivity index (χ4v) is 4.94. The molecule has 5 aromatic rings. The third-order valence-corrected chi connectivity index (χ3v) is 7.01. The molecule has 1 aromatic heterocycles. The summed E-state index contributed by atoms with van der Waals surface area (Å²) in [5.41, 5.74) is 5.19. The summed E-state index contributed by atoms with van der Waals surface area (Å²) in [6, 6.07) is 40.0. The summed E-state index contributed by atoms with van der Waals surface area (Å²) in [6.45, 7) is 0.887. The van der Waals surface area contributed by atoms with E-state index in [-0.39, 0.29) is 6.04 Å². The standard InChI is InChI=1S/C34H28ClN3O2/c35-29-15-9-14-27(20-29)30-22-31(38(37-30)34-16-7-8-19-36-34)28-17-18-32(39-23-25-10-3-1-4-11-25)33(21-28)40-24-26-12-5-2-6-13-26/h1-21,31H,22-24H2. The minimum atomic E-state index is -0.0777. The first kappa shape index (κ1) is 25.7. The number of hydrogen-bond acceptors (Lipinski definition) is 5. The van der Waals surface area contributed by atoms with Crippen molar-refractivity contribution in [1.29, 1.82) is 0 Å². The van der Waals surface area contributed by atoms with E-state index in [0.29, 0.717) is 36.2 Å². The number of nitrogens with zero attached hydrogens (tertiary/aromatic N) is 3. The third kappa shape index (κ3) is 6.00. The molecule has 0 radical (unpaired) electrons. The van der Waals surface area contributed by atoms with Crippen LogP contribution in [0.5, 0.6) is 11.5 Å². The van der Waals surface area contributed by atoms with Crippen LogP contribution in [0.2, 0.25) is 5.02 Å². The van der Waals surface area contributed by atoms with Crippen molar-refractivity contribution in [3.05, 3.63) is 155 Å². The zero-order chi connectivity index (χ0) is 27.1. The minimum Gasteiger partial charge on any atom is -0.485 e. The second kappa shape index (κ2) is 12.1. The highest BCUT2D eigenvalue weighted by atomic mass is 35.5. The summed E-state index contributed by atoms with van der Waals surface area (Å²) in [7, 11) is 0. The molecule has 0 spiro atoms. The van der Waals surface area contributed by atoms with Crippen molar-refractivity contribution in [3.63, 3.8) is 0 Å². The topological polar surface area (TPSA) is 47.0 Å². The average molecular weight is 546 g/mol. The molecule has 1 unspecified atom stereocenters. The molecule has 2 heterocycles. The van der Waals surface area contributed by atoms with E-state index in [0.717, 1.165) is 33.8 Å². The van der Waals surface area contributed by atoms with Gasteiger partial charge in [0.15, 0.2) is 11.5 Å². The predicted molar refractivity (Wildman–Crippen MR) is 160 cm³/mol. The Balaban J connectivity index is 1.33. The van der Waals surface area contributed by atoms with Gasteiger partial charge in [-0.2, -0.15) is 5.10 Å². The molecule has 0 bridgehead atoms. The lowest BCUT2D eigenvalue weighted by atomic mass is 9.98. The van der Waals surface area contributed by atoms with Gasteiger partial charge >= 0.3 is 0 Å². The van der Waals surface area contributed by atoms with E-state index in [4.69, 9.17) is 26.2 Å². The summed E-state index contributed by atoms with van der Waals surface area (Å²) >= 11 is 6.32. The lowest BCUT2D eigenvalue weighted by Gasteiger charge is -2.24. The molecule has 1 atom stereocenters. The van der Waals surface area contributed by atoms with Crippen LogP contribution in [0.1, 0.15) is 34.7 Å². The summed E-state index contributed by atoms with van der Waals surface area (Å²) < 4.78 is 12.6. The molecule has 0 fully saturated rings. The average Bonchev–Trinajstić information content (AvgIpc) is 3.46. The van der Waals surface area contributed by atoms with E-state index in [9.17, 15) is 0 Å². The van der Waals surface area contributed by atoms with Gasteiger partial charge in [0.2, 0.25) is 0 Å². The van der Waals surface area contributed by atoms with Crippen LogP contribution in [-0.2, 0) is 13.2 Å². The van der Waals surface area contributed by atoms with Crippen LogP contribution in [0, 0.1) is 0 Å². The normalized spacial score (nSPS) is 14.6. The third-order valence-electron chi connectivity index (χ3n) is 6.78. The van der Waals surface area contributed by atoms with Crippen LogP contribution >= 0.6 is 11.6 Å². The molecule has 6 rings (SSSR count). The maximum atomic E-state index is 6.37. The van der Waals surface area contributed by atoms with Gasteiger partial charge in [0.05, 0.1) is 11.8 Å². The Morgan fingerprint density at radius 1 is 0.700 bits per heavy atom. The monoisotopic (exact) mass is 545 g/mol. The van der Waals surface area contributed by atoms with Crippen molar-refractivity contribution in [1.82, 2.24) is 4.98 Å². The quantitative estimate of drug-likeness (QED) is 0.187. The van der Waals surface area contributed by atoms with Crippen molar-refractivity contribution in [2.75, 3.05) is 5.01 Å². The number of aromatic nitrogens is 1. The molecule has 0 saturated heterocycles. The molecule has 0 N–H and O–H groups in total. The predicted octanol–water partition coefficient (Wildman–Crippen LogP) is 8.25. The number of hydrogen-bond donors (Lipinski definition) is 0. The number of pyridine rings is 1. The number of hydrazone groups is 1. The molecule has 4 aromatic carbocycles. The molecule has 0 aliphatic carbocycles. The lowest BCUT2D eigenvalue weighted by Crippen LogP contribution is -2.19. The molecule has 5 nitrogen and oxygen atoms in total. The first-order valence-electron chi connectivity index (χ1n) is 13.2. The highest BCUT2D eigenvalue weighted by molar-refractivity contribution is 6.31. The minimum absolute atomic E-state index is 0.0777. The SMILES string of the molecule is Clc1cccc(C2=NN(c3ccccn3)C(c3ccc(OCc4ccccc4)c(OCc4ccccc4)c3)C2)c1. The van der Waals surface area contributed by atoms with Gasteiger partial charge in [-0.05, 0) is 58.7 Å². The zero-order valence-corrected chi connectivity index (χ0v) is 22.6. The van der Waals surface area contributed by atoms with E-state index < -0.39 is 0 Å². The molecule has 0 amide bonds. The van der Waals surface area contributed by atoms with Gasteiger partial charge in [0, 0.05) is 17.6 Å². The second-order valence-electron chi connectivity index (χ2n) is 9.56. The second-order valence-corrected chi connectivity index (χ2v) is 10.0. The highest BCUT2D eigenvalue weighted by Gasteiger charge is 2.31. The maximum Gasteiger partial charge on any atom is 0.162 e. The van der Waals surface area contributed by atoms with Crippen molar-refractivity contribution in [2.45, 2.75) is 25.7 Å². The molecular formula is C34H28ClN3O2. The van der Waals surface area contributed by atoms with Crippen LogP contribution in [0.15, 0.2) is 133 Å². The number of anilines is 1. The van der Waals surface area contributed by atoms with Gasteiger partial charge in [-0.25, -0.2) is 9.99 Å². The van der Waals surface area contributed by atoms with Gasteiger partial charge in [0.1, 0.15) is 19.0 Å². The van der Waals surface area contributed by atoms with Crippen molar-refractivity contribution in [2.24, 2.45) is 5.10 Å². The number of halogens is 1. The smallest absolute Gasteiger partial charge is 0.162 e. The highest BCUT2D eigenvalue weighted by Crippen LogP contribution is 2.40. The maximum absolute atomic E-state index is 6.37. The Morgan fingerprint density at radius 2 is 1.40 bits per heavy atom. The molecule has 6 heteroatoms. The first-order chi connectivity index (χ1) is 19.7. The Bertz CT molecular complexity index is 1590. The fraction of sp³-hybridized carbons (Fsp3) is 0.118. The van der Waals surface area contributed by atoms with Gasteiger partial charge in [-0.3, -0.25) is 0 Å². The zero-order valence-electron chi connectivity index (χ0n) is 21.9. The van der Waals surface area contributed by atoms with Gasteiger partial charge in [0.25, 0.3) is 0 Å². The van der Waals surface area contributed by atoms with Gasteiger partial charge < -0.3 is 9.47 Å². The Morgan fingerprint density at radius 3 is 2.08 bits per heavy atom. The molecule has 1 aliphatic rings. The van der Waals surface area contributed by atoms with Crippen molar-refractivity contribution < 1.29 is 9.47 Å². The summed E-state index contributed by atoms with van der Waals surface area (Å²) in [6.07, 6.45) is 2.48. The van der Waals surface area contributed by atoms with Crippen molar-refractivity contribution in [3.8, 4) is 11.5 Å². The number of rotatable bonds is 9. The molecule has 40 heavy (non-hydrogen) atoms. The van der Waals surface area contributed by atoms with Gasteiger partial charge in [-0.1, -0.05) is 96.5 Å². The van der Waals surface area contributed by atoms with Crippen LogP contribution in [-0.4, -0.2) is 10.7 Å².